The number of anilines is 1. The number of nitrogens with zero attached hydrogens (tertiary/aromatic N) is 1. The molecule has 0 bridgehead atoms. The van der Waals surface area contributed by atoms with E-state index in [2.05, 4.69) is 10.3 Å². The summed E-state index contributed by atoms with van der Waals surface area (Å²) in [5.74, 6) is -0.394. The number of aliphatic imine (C=N–C) groups is 1. The lowest BCUT2D eigenvalue weighted by atomic mass is 10.2. The number of benzene rings is 1. The van der Waals surface area contributed by atoms with Gasteiger partial charge in [0.05, 0.1) is 5.75 Å². The molecule has 0 radical (unpaired) electrons. The van der Waals surface area contributed by atoms with Crippen molar-refractivity contribution in [2.24, 2.45) is 16.5 Å². The molecule has 19 heavy (non-hydrogen) atoms. The summed E-state index contributed by atoms with van der Waals surface area (Å²) in [5.41, 5.74) is 11.8. The number of hydrogen-bond donors (Lipinski definition) is 4. The number of hydrogen-bond acceptors (Lipinski definition) is 3. The molecular weight excluding hydrogens is 286 g/mol. The molecule has 0 heterocycles. The van der Waals surface area contributed by atoms with Crippen LogP contribution in [0, 0.1) is 12.3 Å². The van der Waals surface area contributed by atoms with E-state index >= 15 is 0 Å². The number of amidine groups is 1. The smallest absolute Gasteiger partial charge is 0.234 e. The standard InChI is InChI=1S/C11H14ClN5OS/c1-6-4-7(12)2-3-8(6)16-9(18)5-19-11(15)17-10(13)14/h2-4H,5H2,1H3,(H,16,18)(H5,13,14,15,17). The van der Waals surface area contributed by atoms with Crippen LogP contribution in [0.15, 0.2) is 23.2 Å². The lowest BCUT2D eigenvalue weighted by Gasteiger charge is -2.08. The van der Waals surface area contributed by atoms with Gasteiger partial charge in [-0.1, -0.05) is 23.4 Å². The predicted molar refractivity (Wildman–Crippen MR) is 80.8 cm³/mol. The zero-order valence-corrected chi connectivity index (χ0v) is 11.8. The van der Waals surface area contributed by atoms with Crippen LogP contribution in [0.25, 0.3) is 0 Å². The van der Waals surface area contributed by atoms with Crippen molar-refractivity contribution >= 4 is 46.1 Å². The van der Waals surface area contributed by atoms with Crippen LogP contribution in [-0.2, 0) is 4.79 Å². The number of guanidine groups is 1. The van der Waals surface area contributed by atoms with Crippen molar-refractivity contribution in [2.45, 2.75) is 6.92 Å². The summed E-state index contributed by atoms with van der Waals surface area (Å²) in [6.45, 7) is 1.84. The summed E-state index contributed by atoms with van der Waals surface area (Å²) in [7, 11) is 0. The van der Waals surface area contributed by atoms with E-state index in [4.69, 9.17) is 28.5 Å². The zero-order chi connectivity index (χ0) is 14.4. The molecule has 0 atom stereocenters. The molecule has 1 aromatic rings. The second kappa shape index (κ2) is 7.01. The molecule has 0 unspecified atom stereocenters. The Bertz CT molecular complexity index is 528. The Morgan fingerprint density at radius 2 is 2.21 bits per heavy atom. The number of nitrogens with one attached hydrogen (secondary N) is 2. The third-order valence-electron chi connectivity index (χ3n) is 2.03. The van der Waals surface area contributed by atoms with E-state index in [1.165, 1.54) is 0 Å². The van der Waals surface area contributed by atoms with Gasteiger partial charge in [-0.05, 0) is 30.7 Å². The Labute approximate surface area is 120 Å². The second-order valence-corrected chi connectivity index (χ2v) is 5.04. The minimum absolute atomic E-state index is 0.0533. The van der Waals surface area contributed by atoms with Crippen molar-refractivity contribution in [3.8, 4) is 0 Å². The van der Waals surface area contributed by atoms with E-state index in [1.807, 2.05) is 6.92 Å². The molecule has 8 heteroatoms. The molecule has 0 aliphatic rings. The third kappa shape index (κ3) is 5.62. The molecule has 1 rings (SSSR count). The Balaban J connectivity index is 2.52. The number of thioether (sulfide) groups is 1. The highest BCUT2D eigenvalue weighted by molar-refractivity contribution is 8.14. The van der Waals surface area contributed by atoms with Crippen molar-refractivity contribution in [2.75, 3.05) is 11.1 Å². The molecule has 1 aromatic carbocycles. The van der Waals surface area contributed by atoms with E-state index in [0.717, 1.165) is 17.3 Å². The highest BCUT2D eigenvalue weighted by Gasteiger charge is 2.07. The Hall–Kier alpha value is -1.73. The number of carbonyl (C=O) groups is 1. The van der Waals surface area contributed by atoms with Gasteiger partial charge in [-0.2, -0.15) is 4.99 Å². The summed E-state index contributed by atoms with van der Waals surface area (Å²) in [4.78, 5) is 15.2. The van der Waals surface area contributed by atoms with Crippen LogP contribution in [-0.4, -0.2) is 22.8 Å². The van der Waals surface area contributed by atoms with Gasteiger partial charge < -0.3 is 16.8 Å². The SMILES string of the molecule is Cc1cc(Cl)ccc1NC(=O)CSC(=N)N=C(N)N. The van der Waals surface area contributed by atoms with Crippen molar-refractivity contribution in [1.82, 2.24) is 0 Å². The van der Waals surface area contributed by atoms with Gasteiger partial charge in [0.1, 0.15) is 0 Å². The lowest BCUT2D eigenvalue weighted by Crippen LogP contribution is -2.24. The molecule has 1 amide bonds. The van der Waals surface area contributed by atoms with Crippen LogP contribution in [0.1, 0.15) is 5.56 Å². The van der Waals surface area contributed by atoms with Gasteiger partial charge in [-0.3, -0.25) is 10.2 Å². The molecule has 0 fully saturated rings. The summed E-state index contributed by atoms with van der Waals surface area (Å²) >= 11 is 6.76. The maximum atomic E-state index is 11.7. The largest absolute Gasteiger partial charge is 0.370 e. The third-order valence-corrected chi connectivity index (χ3v) is 3.04. The molecule has 6 N–H and O–H groups in total. The Morgan fingerprint density at radius 1 is 1.53 bits per heavy atom. The summed E-state index contributed by atoms with van der Waals surface area (Å²) in [6.07, 6.45) is 0. The molecular formula is C11H14ClN5OS. The zero-order valence-electron chi connectivity index (χ0n) is 10.2. The molecule has 0 spiro atoms. The number of amides is 1. The first-order valence-corrected chi connectivity index (χ1v) is 6.62. The van der Waals surface area contributed by atoms with Crippen LogP contribution in [0.3, 0.4) is 0 Å². The number of rotatable bonds is 3. The number of carbonyl (C=O) groups excluding carboxylic acids is 1. The fourth-order valence-electron chi connectivity index (χ4n) is 1.24. The van der Waals surface area contributed by atoms with E-state index in [1.54, 1.807) is 18.2 Å². The molecule has 0 aliphatic heterocycles. The van der Waals surface area contributed by atoms with Crippen molar-refractivity contribution in [1.29, 1.82) is 5.41 Å². The molecule has 0 aliphatic carbocycles. The molecule has 102 valence electrons. The average molecular weight is 300 g/mol. The predicted octanol–water partition coefficient (Wildman–Crippen LogP) is 1.53. The average Bonchev–Trinajstić information content (AvgIpc) is 2.29. The summed E-state index contributed by atoms with van der Waals surface area (Å²) in [6, 6.07) is 5.17. The van der Waals surface area contributed by atoms with Gasteiger partial charge in [-0.15, -0.1) is 0 Å². The topological polar surface area (TPSA) is 117 Å². The fraction of sp³-hybridized carbons (Fsp3) is 0.182. The van der Waals surface area contributed by atoms with Crippen molar-refractivity contribution in [3.63, 3.8) is 0 Å². The highest BCUT2D eigenvalue weighted by atomic mass is 35.5. The minimum Gasteiger partial charge on any atom is -0.370 e. The van der Waals surface area contributed by atoms with Gasteiger partial charge in [0.2, 0.25) is 5.91 Å². The normalized spacial score (nSPS) is 9.79. The van der Waals surface area contributed by atoms with E-state index in [9.17, 15) is 4.79 Å². The molecule has 0 saturated carbocycles. The van der Waals surface area contributed by atoms with Crippen LogP contribution in [0.5, 0.6) is 0 Å². The van der Waals surface area contributed by atoms with Gasteiger partial charge >= 0.3 is 0 Å². The van der Waals surface area contributed by atoms with Gasteiger partial charge in [0.25, 0.3) is 0 Å². The summed E-state index contributed by atoms with van der Waals surface area (Å²) < 4.78 is 0. The maximum absolute atomic E-state index is 11.7. The highest BCUT2D eigenvalue weighted by Crippen LogP contribution is 2.19. The monoisotopic (exact) mass is 299 g/mol. The van der Waals surface area contributed by atoms with E-state index in [0.29, 0.717) is 10.7 Å². The quantitative estimate of drug-likeness (QED) is 0.500. The van der Waals surface area contributed by atoms with Crippen LogP contribution in [0.4, 0.5) is 5.69 Å². The molecule has 0 saturated heterocycles. The van der Waals surface area contributed by atoms with Crippen molar-refractivity contribution < 1.29 is 4.79 Å². The fourth-order valence-corrected chi connectivity index (χ4v) is 1.97. The number of aryl methyl sites for hydroxylation is 1. The van der Waals surface area contributed by atoms with Crippen LogP contribution < -0.4 is 16.8 Å². The van der Waals surface area contributed by atoms with E-state index in [-0.39, 0.29) is 22.8 Å². The van der Waals surface area contributed by atoms with Gasteiger partial charge in [0, 0.05) is 10.7 Å². The molecule has 6 nitrogen and oxygen atoms in total. The summed E-state index contributed by atoms with van der Waals surface area (Å²) in [5, 5.41) is 10.6. The first kappa shape index (κ1) is 15.3. The van der Waals surface area contributed by atoms with Gasteiger partial charge in [0.15, 0.2) is 11.1 Å². The first-order chi connectivity index (χ1) is 8.88. The van der Waals surface area contributed by atoms with Crippen LogP contribution in [0.2, 0.25) is 5.02 Å². The maximum Gasteiger partial charge on any atom is 0.234 e. The second-order valence-electron chi connectivity index (χ2n) is 3.64. The minimum atomic E-state index is -0.244. The van der Waals surface area contributed by atoms with E-state index < -0.39 is 0 Å². The lowest BCUT2D eigenvalue weighted by molar-refractivity contribution is -0.113. The van der Waals surface area contributed by atoms with Crippen LogP contribution >= 0.6 is 23.4 Å². The number of halogens is 1. The van der Waals surface area contributed by atoms with Gasteiger partial charge in [-0.25, -0.2) is 0 Å². The first-order valence-electron chi connectivity index (χ1n) is 5.25. The number of nitrogens with two attached hydrogens (primary N) is 2. The van der Waals surface area contributed by atoms with Crippen molar-refractivity contribution in [3.05, 3.63) is 28.8 Å². The Morgan fingerprint density at radius 3 is 2.79 bits per heavy atom. The Kier molecular flexibility index (Phi) is 5.65. The molecule has 0 aromatic heterocycles.